The second-order valence-corrected chi connectivity index (χ2v) is 7.67. The molecule has 1 aliphatic rings. The van der Waals surface area contributed by atoms with Crippen molar-refractivity contribution in [3.05, 3.63) is 35.5 Å². The van der Waals surface area contributed by atoms with Gasteiger partial charge in [0.2, 0.25) is 5.91 Å². The Morgan fingerprint density at radius 2 is 1.91 bits per heavy atom. The summed E-state index contributed by atoms with van der Waals surface area (Å²) in [4.78, 5) is 23.4. The molecule has 3 nitrogen and oxygen atoms in total. The average Bonchev–Trinajstić information content (AvgIpc) is 2.68. The molecule has 2 atom stereocenters. The Labute approximate surface area is 144 Å². The summed E-state index contributed by atoms with van der Waals surface area (Å²) in [5.41, 5.74) is 2.48. The van der Waals surface area contributed by atoms with Crippen LogP contribution in [0.25, 0.3) is 0 Å². The van der Waals surface area contributed by atoms with Crippen molar-refractivity contribution < 1.29 is 9.59 Å². The summed E-state index contributed by atoms with van der Waals surface area (Å²) in [6.07, 6.45) is 10.5. The minimum Gasteiger partial charge on any atom is -0.353 e. The molecule has 0 radical (unpaired) electrons. The molecule has 2 unspecified atom stereocenters. The van der Waals surface area contributed by atoms with Crippen molar-refractivity contribution in [3.63, 3.8) is 0 Å². The summed E-state index contributed by atoms with van der Waals surface area (Å²) in [6.45, 7) is 9.81. The van der Waals surface area contributed by atoms with Gasteiger partial charge in [-0.05, 0) is 31.3 Å². The summed E-state index contributed by atoms with van der Waals surface area (Å²) in [5.74, 6) is 1.09. The van der Waals surface area contributed by atoms with Gasteiger partial charge in [0.05, 0.1) is 0 Å². The third kappa shape index (κ3) is 7.69. The Balaban J connectivity index is 2.59. The van der Waals surface area contributed by atoms with Gasteiger partial charge >= 0.3 is 0 Å². The van der Waals surface area contributed by atoms with Crippen LogP contribution in [0.4, 0.5) is 0 Å². The zero-order valence-corrected chi connectivity index (χ0v) is 15.7. The van der Waals surface area contributed by atoms with Gasteiger partial charge in [0.1, 0.15) is 0 Å². The van der Waals surface area contributed by atoms with Crippen LogP contribution in [0.2, 0.25) is 0 Å². The molecule has 0 aromatic rings. The van der Waals surface area contributed by atoms with Crippen LogP contribution in [-0.4, -0.2) is 22.8 Å². The Hall–Kier alpha value is -1.29. The zero-order valence-electron chi connectivity index (χ0n) is 14.9. The summed E-state index contributed by atoms with van der Waals surface area (Å²) < 4.78 is 0. The molecule has 0 aromatic heterocycles. The number of nitrogens with one attached hydrogen (secondary N) is 1. The number of amides is 1. The monoisotopic (exact) mass is 335 g/mol. The van der Waals surface area contributed by atoms with E-state index in [1.54, 1.807) is 0 Å². The minimum absolute atomic E-state index is 0.00852. The van der Waals surface area contributed by atoms with Gasteiger partial charge in [-0.15, -0.1) is 0 Å². The molecule has 0 saturated carbocycles. The van der Waals surface area contributed by atoms with E-state index in [0.29, 0.717) is 11.7 Å². The lowest BCUT2D eigenvalue weighted by molar-refractivity contribution is -0.119. The Kier molecular flexibility index (Phi) is 8.38. The quantitative estimate of drug-likeness (QED) is 0.756. The molecule has 1 rings (SSSR count). The largest absolute Gasteiger partial charge is 0.353 e. The van der Waals surface area contributed by atoms with Crippen LogP contribution in [0.15, 0.2) is 35.5 Å². The second-order valence-electron chi connectivity index (χ2n) is 6.64. The second kappa shape index (κ2) is 9.76. The molecule has 1 amide bonds. The lowest BCUT2D eigenvalue weighted by Gasteiger charge is -2.15. The third-order valence-corrected chi connectivity index (χ3v) is 4.98. The van der Waals surface area contributed by atoms with E-state index < -0.39 is 0 Å². The molecular weight excluding hydrogens is 306 g/mol. The molecule has 0 bridgehead atoms. The summed E-state index contributed by atoms with van der Waals surface area (Å²) in [7, 11) is 0. The van der Waals surface area contributed by atoms with Crippen LogP contribution in [-0.2, 0) is 9.59 Å². The fraction of sp³-hybridized carbons (Fsp3) is 0.579. The maximum absolute atomic E-state index is 12.4. The maximum Gasteiger partial charge on any atom is 0.217 e. The predicted molar refractivity (Wildman–Crippen MR) is 99.3 cm³/mol. The number of allylic oxidation sites excluding steroid dienone is 6. The van der Waals surface area contributed by atoms with Gasteiger partial charge < -0.3 is 5.32 Å². The van der Waals surface area contributed by atoms with Crippen LogP contribution in [0.3, 0.4) is 0 Å². The average molecular weight is 336 g/mol. The number of carbonyl (C=O) groups excluding carboxylic acids is 2. The van der Waals surface area contributed by atoms with Crippen molar-refractivity contribution in [1.82, 2.24) is 5.32 Å². The Morgan fingerprint density at radius 3 is 2.52 bits per heavy atom. The SMILES string of the molecule is CC(=O)NC(C)CSC(=O)C(C)C1=CC=C(CC(C)C)C=CC1. The van der Waals surface area contributed by atoms with Gasteiger partial charge in [-0.3, -0.25) is 9.59 Å². The van der Waals surface area contributed by atoms with Gasteiger partial charge in [-0.2, -0.15) is 0 Å². The number of hydrogen-bond acceptors (Lipinski definition) is 3. The smallest absolute Gasteiger partial charge is 0.217 e. The maximum atomic E-state index is 12.4. The summed E-state index contributed by atoms with van der Waals surface area (Å²) in [6, 6.07) is 0.00852. The first-order valence-electron chi connectivity index (χ1n) is 8.29. The number of hydrogen-bond donors (Lipinski definition) is 1. The van der Waals surface area contributed by atoms with E-state index in [-0.39, 0.29) is 23.0 Å². The highest BCUT2D eigenvalue weighted by Gasteiger charge is 2.19. The van der Waals surface area contributed by atoms with E-state index in [1.807, 2.05) is 13.8 Å². The van der Waals surface area contributed by atoms with Crippen molar-refractivity contribution in [2.45, 2.75) is 53.5 Å². The van der Waals surface area contributed by atoms with Crippen LogP contribution in [0, 0.1) is 11.8 Å². The molecule has 4 heteroatoms. The molecule has 0 fully saturated rings. The van der Waals surface area contributed by atoms with Crippen molar-refractivity contribution in [1.29, 1.82) is 0 Å². The third-order valence-electron chi connectivity index (χ3n) is 3.68. The predicted octanol–water partition coefficient (Wildman–Crippen LogP) is 4.27. The molecule has 0 spiro atoms. The van der Waals surface area contributed by atoms with E-state index in [4.69, 9.17) is 0 Å². The first-order valence-corrected chi connectivity index (χ1v) is 9.28. The van der Waals surface area contributed by atoms with Crippen molar-refractivity contribution >= 4 is 22.8 Å². The lowest BCUT2D eigenvalue weighted by Crippen LogP contribution is -2.32. The van der Waals surface area contributed by atoms with Crippen LogP contribution in [0.1, 0.15) is 47.5 Å². The molecule has 0 heterocycles. The normalized spacial score (nSPS) is 17.1. The molecule has 0 saturated heterocycles. The lowest BCUT2D eigenvalue weighted by atomic mass is 9.99. The minimum atomic E-state index is -0.0937. The zero-order chi connectivity index (χ0) is 17.4. The Bertz CT molecular complexity index is 517. The van der Waals surface area contributed by atoms with Gasteiger partial charge in [0.25, 0.3) is 0 Å². The highest BCUT2D eigenvalue weighted by molar-refractivity contribution is 8.13. The molecule has 0 aliphatic heterocycles. The van der Waals surface area contributed by atoms with Crippen LogP contribution >= 0.6 is 11.8 Å². The standard InChI is InChI=1S/C19H29NO2S/c1-13(2)11-17-7-6-8-18(10-9-17)15(4)19(22)23-12-14(3)20-16(5)21/h6-7,9-10,13-15H,8,11-12H2,1-5H3,(H,20,21). The Morgan fingerprint density at radius 1 is 1.22 bits per heavy atom. The van der Waals surface area contributed by atoms with Crippen molar-refractivity contribution in [3.8, 4) is 0 Å². The molecule has 23 heavy (non-hydrogen) atoms. The van der Waals surface area contributed by atoms with Crippen LogP contribution < -0.4 is 5.32 Å². The van der Waals surface area contributed by atoms with Crippen LogP contribution in [0.5, 0.6) is 0 Å². The molecule has 1 aliphatic carbocycles. The van der Waals surface area contributed by atoms with Gasteiger partial charge in [0.15, 0.2) is 5.12 Å². The molecule has 0 aromatic carbocycles. The fourth-order valence-corrected chi connectivity index (χ4v) is 3.38. The highest BCUT2D eigenvalue weighted by atomic mass is 32.2. The van der Waals surface area contributed by atoms with E-state index >= 15 is 0 Å². The summed E-state index contributed by atoms with van der Waals surface area (Å²) >= 11 is 1.31. The van der Waals surface area contributed by atoms with Crippen molar-refractivity contribution in [2.75, 3.05) is 5.75 Å². The first-order chi connectivity index (χ1) is 10.8. The van der Waals surface area contributed by atoms with E-state index in [1.165, 1.54) is 24.3 Å². The van der Waals surface area contributed by atoms with E-state index in [9.17, 15) is 9.59 Å². The van der Waals surface area contributed by atoms with Crippen molar-refractivity contribution in [2.24, 2.45) is 11.8 Å². The topological polar surface area (TPSA) is 46.2 Å². The van der Waals surface area contributed by atoms with Gasteiger partial charge in [0, 0.05) is 24.6 Å². The summed E-state index contributed by atoms with van der Waals surface area (Å²) in [5, 5.41) is 2.97. The fourth-order valence-electron chi connectivity index (χ4n) is 2.48. The number of thioether (sulfide) groups is 1. The van der Waals surface area contributed by atoms with E-state index in [2.05, 4.69) is 43.5 Å². The molecule has 128 valence electrons. The molecular formula is C19H29NO2S. The van der Waals surface area contributed by atoms with E-state index in [0.717, 1.165) is 18.4 Å². The first kappa shape index (κ1) is 19.8. The number of carbonyl (C=O) groups is 2. The number of rotatable bonds is 7. The van der Waals surface area contributed by atoms with Gasteiger partial charge in [-0.25, -0.2) is 0 Å². The molecule has 1 N–H and O–H groups in total. The highest BCUT2D eigenvalue weighted by Crippen LogP contribution is 2.25. The van der Waals surface area contributed by atoms with Gasteiger partial charge in [-0.1, -0.05) is 62.4 Å².